The smallest absolute Gasteiger partial charge is 0.255 e. The number of hydrogen-bond acceptors (Lipinski definition) is 3. The Morgan fingerprint density at radius 2 is 1.80 bits per heavy atom. The van der Waals surface area contributed by atoms with Crippen molar-refractivity contribution in [2.75, 3.05) is 18.8 Å². The number of morpholine rings is 1. The number of amides is 1. The fraction of sp³-hybridized carbons (Fsp3) is 0.533. The van der Waals surface area contributed by atoms with Crippen LogP contribution in [0.1, 0.15) is 38.1 Å². The highest BCUT2D eigenvalue weighted by molar-refractivity contribution is 6.34. The van der Waals surface area contributed by atoms with E-state index in [4.69, 9.17) is 22.1 Å². The van der Waals surface area contributed by atoms with Gasteiger partial charge in [0.25, 0.3) is 5.91 Å². The van der Waals surface area contributed by atoms with Crippen LogP contribution in [0.25, 0.3) is 0 Å². The van der Waals surface area contributed by atoms with E-state index in [9.17, 15) is 4.79 Å². The molecule has 1 amide bonds. The Bertz CT molecular complexity index is 525. The highest BCUT2D eigenvalue weighted by Crippen LogP contribution is 2.30. The maximum Gasteiger partial charge on any atom is 0.255 e. The lowest BCUT2D eigenvalue weighted by molar-refractivity contribution is -0.171. The fourth-order valence-electron chi connectivity index (χ4n) is 2.81. The summed E-state index contributed by atoms with van der Waals surface area (Å²) < 4.78 is 5.98. The number of ether oxygens (including phenoxy) is 1. The van der Waals surface area contributed by atoms with Gasteiger partial charge in [0, 0.05) is 18.8 Å². The van der Waals surface area contributed by atoms with Crippen LogP contribution in [-0.4, -0.2) is 35.1 Å². The zero-order valence-corrected chi connectivity index (χ0v) is 13.1. The molecular weight excluding hydrogens is 276 g/mol. The lowest BCUT2D eigenvalue weighted by Gasteiger charge is -2.47. The number of nitrogens with two attached hydrogens (primary N) is 1. The summed E-state index contributed by atoms with van der Waals surface area (Å²) in [6.07, 6.45) is 0. The molecule has 5 heteroatoms. The van der Waals surface area contributed by atoms with Crippen molar-refractivity contribution in [3.63, 3.8) is 0 Å². The number of carbonyl (C=O) groups excluding carboxylic acids is 1. The van der Waals surface area contributed by atoms with Crippen LogP contribution < -0.4 is 5.73 Å². The number of nitrogens with zero attached hydrogens (tertiary/aromatic N) is 1. The van der Waals surface area contributed by atoms with Crippen molar-refractivity contribution in [3.8, 4) is 0 Å². The Morgan fingerprint density at radius 3 is 2.30 bits per heavy atom. The summed E-state index contributed by atoms with van der Waals surface area (Å²) in [7, 11) is 0. The van der Waals surface area contributed by atoms with E-state index in [0.29, 0.717) is 29.4 Å². The Kier molecular flexibility index (Phi) is 3.73. The van der Waals surface area contributed by atoms with Crippen LogP contribution in [0.5, 0.6) is 0 Å². The van der Waals surface area contributed by atoms with Gasteiger partial charge >= 0.3 is 0 Å². The molecule has 0 saturated carbocycles. The normalized spacial score (nSPS) is 20.8. The summed E-state index contributed by atoms with van der Waals surface area (Å²) in [5, 5.41) is 0.386. The minimum Gasteiger partial charge on any atom is -0.399 e. The molecule has 1 heterocycles. The second-order valence-electron chi connectivity index (χ2n) is 6.52. The number of benzene rings is 1. The average Bonchev–Trinajstić information content (AvgIpc) is 2.23. The molecule has 1 saturated heterocycles. The molecule has 1 aromatic rings. The van der Waals surface area contributed by atoms with Crippen LogP contribution in [-0.2, 0) is 4.74 Å². The quantitative estimate of drug-likeness (QED) is 0.811. The first-order valence-corrected chi connectivity index (χ1v) is 7.02. The summed E-state index contributed by atoms with van der Waals surface area (Å²) in [6, 6.07) is 4.97. The summed E-state index contributed by atoms with van der Waals surface area (Å²) in [5.41, 5.74) is 5.94. The Balaban J connectivity index is 2.28. The first kappa shape index (κ1) is 15.1. The predicted octanol–water partition coefficient (Wildman–Crippen LogP) is 2.95. The molecule has 1 fully saturated rings. The zero-order chi connectivity index (χ0) is 15.1. The third-order valence-corrected chi connectivity index (χ3v) is 3.52. The molecule has 20 heavy (non-hydrogen) atoms. The lowest BCUT2D eigenvalue weighted by Crippen LogP contribution is -2.58. The van der Waals surface area contributed by atoms with Gasteiger partial charge in [0.05, 0.1) is 21.8 Å². The molecule has 1 aliphatic heterocycles. The Morgan fingerprint density at radius 1 is 1.25 bits per heavy atom. The van der Waals surface area contributed by atoms with Gasteiger partial charge in [-0.25, -0.2) is 0 Å². The molecule has 0 aliphatic carbocycles. The number of rotatable bonds is 1. The number of anilines is 1. The van der Waals surface area contributed by atoms with Crippen molar-refractivity contribution >= 4 is 23.2 Å². The monoisotopic (exact) mass is 296 g/mol. The minimum absolute atomic E-state index is 0.0838. The molecular formula is C15H21ClN2O2. The van der Waals surface area contributed by atoms with Gasteiger partial charge in [-0.1, -0.05) is 11.6 Å². The molecule has 110 valence electrons. The largest absolute Gasteiger partial charge is 0.399 e. The van der Waals surface area contributed by atoms with Gasteiger partial charge in [-0.3, -0.25) is 4.79 Å². The molecule has 0 radical (unpaired) electrons. The molecule has 2 rings (SSSR count). The van der Waals surface area contributed by atoms with Crippen molar-refractivity contribution in [1.82, 2.24) is 4.90 Å². The molecule has 0 bridgehead atoms. The van der Waals surface area contributed by atoms with E-state index in [2.05, 4.69) is 0 Å². The van der Waals surface area contributed by atoms with E-state index in [1.165, 1.54) is 0 Å². The van der Waals surface area contributed by atoms with Crippen molar-refractivity contribution in [3.05, 3.63) is 28.8 Å². The molecule has 0 aromatic heterocycles. The first-order valence-electron chi connectivity index (χ1n) is 6.64. The fourth-order valence-corrected chi connectivity index (χ4v) is 3.08. The van der Waals surface area contributed by atoms with E-state index in [0.717, 1.165) is 0 Å². The molecule has 0 atom stereocenters. The van der Waals surface area contributed by atoms with Gasteiger partial charge in [0.15, 0.2) is 0 Å². The molecule has 0 spiro atoms. The maximum atomic E-state index is 12.7. The molecule has 1 aromatic carbocycles. The highest BCUT2D eigenvalue weighted by atomic mass is 35.5. The van der Waals surface area contributed by atoms with Gasteiger partial charge < -0.3 is 15.4 Å². The van der Waals surface area contributed by atoms with Gasteiger partial charge in [-0.05, 0) is 45.9 Å². The third kappa shape index (κ3) is 3.25. The number of nitrogen functional groups attached to an aromatic ring is 1. The van der Waals surface area contributed by atoms with E-state index >= 15 is 0 Å². The lowest BCUT2D eigenvalue weighted by atomic mass is 9.98. The van der Waals surface area contributed by atoms with Crippen molar-refractivity contribution in [2.45, 2.75) is 38.9 Å². The van der Waals surface area contributed by atoms with E-state index in [-0.39, 0.29) is 17.1 Å². The van der Waals surface area contributed by atoms with E-state index in [1.807, 2.05) is 27.7 Å². The molecule has 2 N–H and O–H groups in total. The van der Waals surface area contributed by atoms with Gasteiger partial charge in [-0.15, -0.1) is 0 Å². The second-order valence-corrected chi connectivity index (χ2v) is 6.93. The summed E-state index contributed by atoms with van der Waals surface area (Å²) in [4.78, 5) is 14.4. The van der Waals surface area contributed by atoms with E-state index < -0.39 is 0 Å². The SMILES string of the molecule is CC1(C)CN(C(=O)c2ccc(N)cc2Cl)CC(C)(C)O1. The highest BCUT2D eigenvalue weighted by Gasteiger charge is 2.40. The van der Waals surface area contributed by atoms with Crippen LogP contribution in [0.3, 0.4) is 0 Å². The minimum atomic E-state index is -0.377. The van der Waals surface area contributed by atoms with Crippen LogP contribution >= 0.6 is 11.6 Å². The zero-order valence-electron chi connectivity index (χ0n) is 12.4. The summed E-state index contributed by atoms with van der Waals surface area (Å²) in [5.74, 6) is -0.0838. The van der Waals surface area contributed by atoms with Gasteiger partial charge in [0.1, 0.15) is 0 Å². The first-order chi connectivity index (χ1) is 9.10. The Labute approximate surface area is 124 Å². The summed E-state index contributed by atoms with van der Waals surface area (Å²) in [6.45, 7) is 9.01. The van der Waals surface area contributed by atoms with E-state index in [1.54, 1.807) is 23.1 Å². The Hall–Kier alpha value is -1.26. The van der Waals surface area contributed by atoms with Crippen molar-refractivity contribution in [1.29, 1.82) is 0 Å². The van der Waals surface area contributed by atoms with Crippen LogP contribution in [0.2, 0.25) is 5.02 Å². The van der Waals surface area contributed by atoms with Crippen LogP contribution in [0.15, 0.2) is 18.2 Å². The number of hydrogen-bond donors (Lipinski definition) is 1. The summed E-state index contributed by atoms with van der Waals surface area (Å²) >= 11 is 6.13. The average molecular weight is 297 g/mol. The molecule has 1 aliphatic rings. The number of halogens is 1. The molecule has 0 unspecified atom stereocenters. The van der Waals surface area contributed by atoms with Gasteiger partial charge in [-0.2, -0.15) is 0 Å². The van der Waals surface area contributed by atoms with Crippen LogP contribution in [0.4, 0.5) is 5.69 Å². The van der Waals surface area contributed by atoms with Gasteiger partial charge in [0.2, 0.25) is 0 Å². The number of carbonyl (C=O) groups is 1. The van der Waals surface area contributed by atoms with Crippen molar-refractivity contribution < 1.29 is 9.53 Å². The third-order valence-electron chi connectivity index (χ3n) is 3.21. The van der Waals surface area contributed by atoms with Crippen molar-refractivity contribution in [2.24, 2.45) is 0 Å². The standard InChI is InChI=1S/C15H21ClN2O2/c1-14(2)8-18(9-15(3,4)20-14)13(19)11-6-5-10(17)7-12(11)16/h5-7H,8-9,17H2,1-4H3. The topological polar surface area (TPSA) is 55.6 Å². The predicted molar refractivity (Wildman–Crippen MR) is 81.0 cm³/mol. The maximum absolute atomic E-state index is 12.7. The molecule has 4 nitrogen and oxygen atoms in total. The van der Waals surface area contributed by atoms with Crippen LogP contribution in [0, 0.1) is 0 Å². The second kappa shape index (κ2) is 4.93.